The van der Waals surface area contributed by atoms with Crippen molar-refractivity contribution in [2.75, 3.05) is 18.4 Å². The highest BCUT2D eigenvalue weighted by Crippen LogP contribution is 2.38. The third-order valence-corrected chi connectivity index (χ3v) is 6.89. The van der Waals surface area contributed by atoms with Crippen LogP contribution in [-0.2, 0) is 12.8 Å². The summed E-state index contributed by atoms with van der Waals surface area (Å²) in [5, 5.41) is 23.3. The molecular weight excluding hydrogens is 348 g/mol. The minimum atomic E-state index is 0.400. The van der Waals surface area contributed by atoms with E-state index in [4.69, 9.17) is 0 Å². The van der Waals surface area contributed by atoms with E-state index >= 15 is 0 Å². The average molecular weight is 379 g/mol. The Balaban J connectivity index is 1.33. The number of hydrogen-bond donors (Lipinski definition) is 2. The molecule has 0 radical (unpaired) electrons. The third kappa shape index (κ3) is 3.26. The zero-order valence-electron chi connectivity index (χ0n) is 16.7. The van der Waals surface area contributed by atoms with Crippen LogP contribution in [0.1, 0.15) is 55.2 Å². The number of aromatic hydroxyl groups is 1. The minimum absolute atomic E-state index is 0.400. The molecule has 148 valence electrons. The maximum absolute atomic E-state index is 10.7. The fourth-order valence-corrected chi connectivity index (χ4v) is 5.08. The predicted molar refractivity (Wildman–Crippen MR) is 112 cm³/mol. The van der Waals surface area contributed by atoms with Crippen LogP contribution in [0.15, 0.2) is 18.2 Å². The number of hydrogen-bond acceptors (Lipinski definition) is 5. The Labute approximate surface area is 167 Å². The molecule has 1 aromatic carbocycles. The van der Waals surface area contributed by atoms with Gasteiger partial charge in [-0.15, -0.1) is 10.2 Å². The van der Waals surface area contributed by atoms with Crippen LogP contribution in [0.3, 0.4) is 0 Å². The van der Waals surface area contributed by atoms with E-state index in [1.165, 1.54) is 44.2 Å². The summed E-state index contributed by atoms with van der Waals surface area (Å²) in [7, 11) is 0. The first-order valence-electron chi connectivity index (χ1n) is 10.9. The van der Waals surface area contributed by atoms with E-state index in [9.17, 15) is 5.11 Å². The molecule has 2 aromatic rings. The second-order valence-electron chi connectivity index (χ2n) is 8.78. The van der Waals surface area contributed by atoms with Crippen molar-refractivity contribution in [1.29, 1.82) is 0 Å². The lowest BCUT2D eigenvalue weighted by atomic mass is 9.89. The molecule has 1 aromatic heterocycles. The molecule has 3 aliphatic rings. The van der Waals surface area contributed by atoms with Crippen LogP contribution in [0.2, 0.25) is 0 Å². The number of nitrogens with zero attached hydrogens (tertiary/aromatic N) is 3. The molecule has 28 heavy (non-hydrogen) atoms. The van der Waals surface area contributed by atoms with Gasteiger partial charge in [0.1, 0.15) is 11.6 Å². The molecule has 1 aliphatic heterocycles. The molecule has 1 saturated heterocycles. The van der Waals surface area contributed by atoms with E-state index in [2.05, 4.69) is 39.5 Å². The summed E-state index contributed by atoms with van der Waals surface area (Å²) in [6.07, 6.45) is 9.71. The van der Waals surface area contributed by atoms with E-state index in [1.807, 2.05) is 6.07 Å². The van der Waals surface area contributed by atoms with Crippen LogP contribution in [0.4, 0.5) is 5.82 Å². The number of likely N-dealkylation sites (tertiary alicyclic amines) is 1. The topological polar surface area (TPSA) is 61.3 Å². The van der Waals surface area contributed by atoms with Crippen molar-refractivity contribution in [3.8, 4) is 17.0 Å². The highest BCUT2D eigenvalue weighted by molar-refractivity contribution is 5.73. The van der Waals surface area contributed by atoms with Gasteiger partial charge >= 0.3 is 0 Å². The monoisotopic (exact) mass is 378 g/mol. The second kappa shape index (κ2) is 7.36. The van der Waals surface area contributed by atoms with Crippen LogP contribution < -0.4 is 5.32 Å². The van der Waals surface area contributed by atoms with Gasteiger partial charge in [0.2, 0.25) is 0 Å². The lowest BCUT2D eigenvalue weighted by molar-refractivity contribution is 0.0990. The predicted octanol–water partition coefficient (Wildman–Crippen LogP) is 4.08. The maximum atomic E-state index is 10.7. The minimum Gasteiger partial charge on any atom is -0.507 e. The van der Waals surface area contributed by atoms with Gasteiger partial charge in [0.25, 0.3) is 0 Å². The third-order valence-electron chi connectivity index (χ3n) is 6.89. The number of fused-ring (bicyclic) bond motifs is 1. The molecule has 0 amide bonds. The SMILES string of the molecule is Cc1cc(NC2CCCN(C3CCC3)C2)nnc1-c1ccc2c(c1O)CCC2. The average Bonchev–Trinajstić information content (AvgIpc) is 3.12. The van der Waals surface area contributed by atoms with Gasteiger partial charge < -0.3 is 10.4 Å². The molecule has 1 unspecified atom stereocenters. The Hall–Kier alpha value is -2.14. The van der Waals surface area contributed by atoms with Crippen LogP contribution in [-0.4, -0.2) is 45.4 Å². The van der Waals surface area contributed by atoms with Crippen molar-refractivity contribution in [2.45, 2.75) is 70.4 Å². The van der Waals surface area contributed by atoms with Gasteiger partial charge in [-0.2, -0.15) is 0 Å². The molecule has 2 heterocycles. The Morgan fingerprint density at radius 3 is 2.75 bits per heavy atom. The first kappa shape index (κ1) is 17.9. The first-order chi connectivity index (χ1) is 13.7. The highest BCUT2D eigenvalue weighted by Gasteiger charge is 2.29. The Bertz CT molecular complexity index is 877. The maximum Gasteiger partial charge on any atom is 0.149 e. The molecule has 5 nitrogen and oxygen atoms in total. The number of phenols is 1. The number of phenolic OH excluding ortho intramolecular Hbond substituents is 1. The largest absolute Gasteiger partial charge is 0.507 e. The van der Waals surface area contributed by atoms with Crippen molar-refractivity contribution >= 4 is 5.82 Å². The van der Waals surface area contributed by atoms with Crippen molar-refractivity contribution in [3.05, 3.63) is 34.9 Å². The van der Waals surface area contributed by atoms with Crippen LogP contribution in [0.25, 0.3) is 11.3 Å². The van der Waals surface area contributed by atoms with E-state index < -0.39 is 0 Å². The highest BCUT2D eigenvalue weighted by atomic mass is 16.3. The standard InChI is InChI=1S/C23H30N4O/c1-15-13-21(24-17-6-4-12-27(14-17)18-7-3-8-18)25-26-22(15)20-11-10-16-5-2-9-19(16)23(20)28/h10-11,13,17-18,28H,2-9,12,14H2,1H3,(H,24,25). The fraction of sp³-hybridized carbons (Fsp3) is 0.565. The number of piperidine rings is 1. The first-order valence-corrected chi connectivity index (χ1v) is 10.9. The summed E-state index contributed by atoms with van der Waals surface area (Å²) >= 11 is 0. The lowest BCUT2D eigenvalue weighted by Crippen LogP contribution is -2.49. The van der Waals surface area contributed by atoms with Crippen LogP contribution >= 0.6 is 0 Å². The molecule has 0 bridgehead atoms. The molecule has 5 heteroatoms. The molecule has 0 spiro atoms. The molecule has 1 atom stereocenters. The molecule has 2 fully saturated rings. The second-order valence-corrected chi connectivity index (χ2v) is 8.78. The van der Waals surface area contributed by atoms with Crippen LogP contribution in [0.5, 0.6) is 5.75 Å². The number of anilines is 1. The van der Waals surface area contributed by atoms with E-state index in [-0.39, 0.29) is 0 Å². The number of aryl methyl sites for hydroxylation is 2. The van der Waals surface area contributed by atoms with Crippen molar-refractivity contribution in [3.63, 3.8) is 0 Å². The molecule has 1 saturated carbocycles. The van der Waals surface area contributed by atoms with Gasteiger partial charge in [0, 0.05) is 24.2 Å². The Morgan fingerprint density at radius 2 is 1.96 bits per heavy atom. The zero-order valence-corrected chi connectivity index (χ0v) is 16.7. The molecule has 2 aliphatic carbocycles. The quantitative estimate of drug-likeness (QED) is 0.840. The van der Waals surface area contributed by atoms with Gasteiger partial charge in [0.05, 0.1) is 5.69 Å². The summed E-state index contributed by atoms with van der Waals surface area (Å²) in [6.45, 7) is 4.41. The summed E-state index contributed by atoms with van der Waals surface area (Å²) < 4.78 is 0. The summed E-state index contributed by atoms with van der Waals surface area (Å²) in [5.74, 6) is 1.25. The lowest BCUT2D eigenvalue weighted by Gasteiger charge is -2.42. The van der Waals surface area contributed by atoms with E-state index in [0.717, 1.165) is 60.1 Å². The normalized spacial score (nSPS) is 22.7. The van der Waals surface area contributed by atoms with Crippen LogP contribution in [0, 0.1) is 6.92 Å². The van der Waals surface area contributed by atoms with Gasteiger partial charge in [0.15, 0.2) is 0 Å². The van der Waals surface area contributed by atoms with Gasteiger partial charge in [-0.3, -0.25) is 4.90 Å². The van der Waals surface area contributed by atoms with Crippen molar-refractivity contribution in [1.82, 2.24) is 15.1 Å². The van der Waals surface area contributed by atoms with Gasteiger partial charge in [-0.05, 0) is 87.2 Å². The number of rotatable bonds is 4. The fourth-order valence-electron chi connectivity index (χ4n) is 5.08. The summed E-state index contributed by atoms with van der Waals surface area (Å²) in [5.41, 5.74) is 5.03. The van der Waals surface area contributed by atoms with E-state index in [0.29, 0.717) is 11.8 Å². The number of benzene rings is 1. The van der Waals surface area contributed by atoms with Crippen molar-refractivity contribution < 1.29 is 5.11 Å². The summed E-state index contributed by atoms with van der Waals surface area (Å²) in [6, 6.07) is 7.48. The van der Waals surface area contributed by atoms with Gasteiger partial charge in [-0.1, -0.05) is 12.5 Å². The number of aromatic nitrogens is 2. The molecule has 5 rings (SSSR count). The Kier molecular flexibility index (Phi) is 4.71. The van der Waals surface area contributed by atoms with Gasteiger partial charge in [-0.25, -0.2) is 0 Å². The smallest absolute Gasteiger partial charge is 0.149 e. The molecular formula is C23H30N4O. The van der Waals surface area contributed by atoms with E-state index in [1.54, 1.807) is 0 Å². The Morgan fingerprint density at radius 1 is 1.07 bits per heavy atom. The zero-order chi connectivity index (χ0) is 19.1. The number of nitrogens with one attached hydrogen (secondary N) is 1. The molecule has 2 N–H and O–H groups in total. The summed E-state index contributed by atoms with van der Waals surface area (Å²) in [4.78, 5) is 2.65. The van der Waals surface area contributed by atoms with Crippen molar-refractivity contribution in [2.24, 2.45) is 0 Å².